The van der Waals surface area contributed by atoms with Gasteiger partial charge in [-0.15, -0.1) is 0 Å². The lowest BCUT2D eigenvalue weighted by molar-refractivity contribution is 0.628. The number of benzene rings is 1. The highest BCUT2D eigenvalue weighted by atomic mass is 19.1. The van der Waals surface area contributed by atoms with Crippen molar-refractivity contribution in [1.29, 1.82) is 0 Å². The summed E-state index contributed by atoms with van der Waals surface area (Å²) in [5, 5.41) is 0. The largest absolute Gasteiger partial charge is 0.361 e. The summed E-state index contributed by atoms with van der Waals surface area (Å²) in [4.78, 5) is 11.0. The number of anilines is 1. The molecular formula is C16H16FN3. The minimum Gasteiger partial charge on any atom is -0.361 e. The first-order chi connectivity index (χ1) is 9.56. The van der Waals surface area contributed by atoms with Crippen LogP contribution in [0.15, 0.2) is 37.4 Å². The van der Waals surface area contributed by atoms with Gasteiger partial charge in [0.1, 0.15) is 11.5 Å². The molecule has 2 rings (SSSR count). The van der Waals surface area contributed by atoms with E-state index in [0.29, 0.717) is 22.9 Å². The van der Waals surface area contributed by atoms with Crippen molar-refractivity contribution >= 4 is 18.0 Å². The lowest BCUT2D eigenvalue weighted by Crippen LogP contribution is -2.14. The molecule has 20 heavy (non-hydrogen) atoms. The molecule has 0 aliphatic carbocycles. The van der Waals surface area contributed by atoms with Crippen LogP contribution in [-0.2, 0) is 0 Å². The number of nitrogens with zero attached hydrogens (tertiary/aromatic N) is 3. The molecule has 0 saturated heterocycles. The summed E-state index contributed by atoms with van der Waals surface area (Å²) < 4.78 is 13.0. The number of hydrogen-bond acceptors (Lipinski definition) is 3. The first kappa shape index (κ1) is 13.9. The zero-order valence-electron chi connectivity index (χ0n) is 11.6. The maximum atomic E-state index is 13.0. The Hall–Kier alpha value is -2.49. The molecule has 0 bridgehead atoms. The lowest BCUT2D eigenvalue weighted by atomic mass is 10.1. The highest BCUT2D eigenvalue weighted by Crippen LogP contribution is 2.28. The Morgan fingerprint density at radius 3 is 2.05 bits per heavy atom. The molecule has 0 fully saturated rings. The molecule has 0 atom stereocenters. The summed E-state index contributed by atoms with van der Waals surface area (Å²) in [6, 6.07) is 6.19. The smallest absolute Gasteiger partial charge is 0.155 e. The molecule has 0 radical (unpaired) electrons. The van der Waals surface area contributed by atoms with Crippen LogP contribution in [0.1, 0.15) is 11.4 Å². The Kier molecular flexibility index (Phi) is 3.94. The van der Waals surface area contributed by atoms with Crippen LogP contribution in [0.5, 0.6) is 0 Å². The molecule has 0 aliphatic rings. The predicted octanol–water partition coefficient (Wildman–Crippen LogP) is 3.63. The lowest BCUT2D eigenvalue weighted by Gasteiger charge is -2.17. The van der Waals surface area contributed by atoms with Gasteiger partial charge in [0.05, 0.1) is 11.4 Å². The van der Waals surface area contributed by atoms with Gasteiger partial charge in [0.15, 0.2) is 5.82 Å². The van der Waals surface area contributed by atoms with Crippen molar-refractivity contribution in [3.05, 3.63) is 54.6 Å². The van der Waals surface area contributed by atoms with Gasteiger partial charge in [-0.2, -0.15) is 0 Å². The van der Waals surface area contributed by atoms with E-state index in [-0.39, 0.29) is 5.82 Å². The molecule has 0 N–H and O–H groups in total. The van der Waals surface area contributed by atoms with E-state index in [1.165, 1.54) is 12.1 Å². The monoisotopic (exact) mass is 269 g/mol. The summed E-state index contributed by atoms with van der Waals surface area (Å²) >= 11 is 0. The average molecular weight is 269 g/mol. The van der Waals surface area contributed by atoms with Crippen LogP contribution in [0.25, 0.3) is 23.4 Å². The molecule has 1 aromatic carbocycles. The molecule has 0 amide bonds. The zero-order valence-corrected chi connectivity index (χ0v) is 11.6. The Balaban J connectivity index is 2.69. The average Bonchev–Trinajstić information content (AvgIpc) is 2.46. The third-order valence-corrected chi connectivity index (χ3v) is 2.86. The Bertz CT molecular complexity index is 646. The Morgan fingerprint density at radius 2 is 1.55 bits per heavy atom. The quantitative estimate of drug-likeness (QED) is 0.848. The normalized spacial score (nSPS) is 10.2. The molecule has 0 unspecified atom stereocenters. The summed E-state index contributed by atoms with van der Waals surface area (Å²) in [7, 11) is 3.77. The third kappa shape index (κ3) is 2.59. The number of aromatic nitrogens is 2. The van der Waals surface area contributed by atoms with Crippen molar-refractivity contribution < 1.29 is 4.39 Å². The zero-order chi connectivity index (χ0) is 14.7. The second-order valence-electron chi connectivity index (χ2n) is 4.48. The van der Waals surface area contributed by atoms with Gasteiger partial charge in [0.2, 0.25) is 0 Å². The number of halogens is 1. The van der Waals surface area contributed by atoms with E-state index < -0.39 is 0 Å². The Morgan fingerprint density at radius 1 is 1.00 bits per heavy atom. The third-order valence-electron chi connectivity index (χ3n) is 2.86. The van der Waals surface area contributed by atoms with Gasteiger partial charge < -0.3 is 4.90 Å². The van der Waals surface area contributed by atoms with Crippen molar-refractivity contribution in [2.75, 3.05) is 19.0 Å². The molecule has 102 valence electrons. The SMILES string of the molecule is C=Cc1nc(-c2ccc(F)cc2)c(N(C)C)nc1C=C. The van der Waals surface area contributed by atoms with Gasteiger partial charge in [-0.1, -0.05) is 13.2 Å². The molecule has 0 aliphatic heterocycles. The van der Waals surface area contributed by atoms with Crippen LogP contribution in [0, 0.1) is 5.82 Å². The highest BCUT2D eigenvalue weighted by molar-refractivity contribution is 5.75. The standard InChI is InChI=1S/C16H16FN3/c1-5-13-14(6-2)19-16(20(3)4)15(18-13)11-7-9-12(17)10-8-11/h5-10H,1-2H2,3-4H3. The van der Waals surface area contributed by atoms with Gasteiger partial charge >= 0.3 is 0 Å². The maximum absolute atomic E-state index is 13.0. The van der Waals surface area contributed by atoms with Crippen LogP contribution in [0.2, 0.25) is 0 Å². The van der Waals surface area contributed by atoms with Crippen molar-refractivity contribution in [2.45, 2.75) is 0 Å². The molecule has 2 aromatic rings. The van der Waals surface area contributed by atoms with Gasteiger partial charge in [-0.3, -0.25) is 0 Å². The molecule has 1 aromatic heterocycles. The van der Waals surface area contributed by atoms with Crippen molar-refractivity contribution in [3.8, 4) is 11.3 Å². The summed E-state index contributed by atoms with van der Waals surface area (Å²) in [6.45, 7) is 7.47. The fraction of sp³-hybridized carbons (Fsp3) is 0.125. The summed E-state index contributed by atoms with van der Waals surface area (Å²) in [5.74, 6) is 0.428. The summed E-state index contributed by atoms with van der Waals surface area (Å²) in [5.41, 5.74) is 2.83. The fourth-order valence-corrected chi connectivity index (χ4v) is 1.87. The van der Waals surface area contributed by atoms with Gasteiger partial charge in [-0.25, -0.2) is 14.4 Å². The number of rotatable bonds is 4. The van der Waals surface area contributed by atoms with E-state index in [1.807, 2.05) is 19.0 Å². The Labute approximate surface area is 118 Å². The molecule has 0 saturated carbocycles. The van der Waals surface area contributed by atoms with Crippen molar-refractivity contribution in [3.63, 3.8) is 0 Å². The van der Waals surface area contributed by atoms with Crippen LogP contribution < -0.4 is 4.90 Å². The van der Waals surface area contributed by atoms with Crippen LogP contribution in [-0.4, -0.2) is 24.1 Å². The first-order valence-corrected chi connectivity index (χ1v) is 6.17. The van der Waals surface area contributed by atoms with Crippen LogP contribution >= 0.6 is 0 Å². The van der Waals surface area contributed by atoms with Crippen molar-refractivity contribution in [2.24, 2.45) is 0 Å². The minimum atomic E-state index is -0.278. The van der Waals surface area contributed by atoms with E-state index in [2.05, 4.69) is 23.1 Å². The fourth-order valence-electron chi connectivity index (χ4n) is 1.87. The maximum Gasteiger partial charge on any atom is 0.155 e. The molecular weight excluding hydrogens is 253 g/mol. The first-order valence-electron chi connectivity index (χ1n) is 6.17. The van der Waals surface area contributed by atoms with Crippen molar-refractivity contribution in [1.82, 2.24) is 9.97 Å². The second-order valence-corrected chi connectivity index (χ2v) is 4.48. The van der Waals surface area contributed by atoms with E-state index in [1.54, 1.807) is 24.3 Å². The predicted molar refractivity (Wildman–Crippen MR) is 81.9 cm³/mol. The van der Waals surface area contributed by atoms with Crippen LogP contribution in [0.3, 0.4) is 0 Å². The topological polar surface area (TPSA) is 29.0 Å². The van der Waals surface area contributed by atoms with E-state index in [0.717, 1.165) is 5.56 Å². The van der Waals surface area contributed by atoms with Gasteiger partial charge in [0.25, 0.3) is 0 Å². The molecule has 1 heterocycles. The minimum absolute atomic E-state index is 0.278. The summed E-state index contributed by atoms with van der Waals surface area (Å²) in [6.07, 6.45) is 3.28. The van der Waals surface area contributed by atoms with E-state index in [9.17, 15) is 4.39 Å². The molecule has 3 nitrogen and oxygen atoms in total. The molecule has 4 heteroatoms. The van der Waals surface area contributed by atoms with E-state index >= 15 is 0 Å². The highest BCUT2D eigenvalue weighted by Gasteiger charge is 2.14. The van der Waals surface area contributed by atoms with Crippen LogP contribution in [0.4, 0.5) is 10.2 Å². The molecule has 0 spiro atoms. The van der Waals surface area contributed by atoms with Gasteiger partial charge in [-0.05, 0) is 36.4 Å². The van der Waals surface area contributed by atoms with E-state index in [4.69, 9.17) is 0 Å². The second kappa shape index (κ2) is 5.65. The number of hydrogen-bond donors (Lipinski definition) is 0. The van der Waals surface area contributed by atoms with Gasteiger partial charge in [0, 0.05) is 19.7 Å².